The first-order valence-electron chi connectivity index (χ1n) is 9.98. The van der Waals surface area contributed by atoms with Crippen molar-refractivity contribution in [2.24, 2.45) is 11.7 Å². The van der Waals surface area contributed by atoms with Gasteiger partial charge < -0.3 is 16.4 Å². The molecule has 0 radical (unpaired) electrons. The average molecular weight is 416 g/mol. The van der Waals surface area contributed by atoms with Crippen LogP contribution in [0, 0.1) is 5.92 Å². The number of carbonyl (C=O) groups excluding carboxylic acids is 2. The van der Waals surface area contributed by atoms with Crippen LogP contribution in [0.5, 0.6) is 0 Å². The Morgan fingerprint density at radius 3 is 2.41 bits per heavy atom. The highest BCUT2D eigenvalue weighted by Gasteiger charge is 2.37. The molecular formula is C23H30ClN3O2. The van der Waals surface area contributed by atoms with Gasteiger partial charge in [-0.05, 0) is 56.0 Å². The maximum Gasteiger partial charge on any atom is 0.251 e. The molecule has 0 aliphatic heterocycles. The summed E-state index contributed by atoms with van der Waals surface area (Å²) in [4.78, 5) is 24.9. The minimum atomic E-state index is -0.457. The highest BCUT2D eigenvalue weighted by molar-refractivity contribution is 5.96. The largest absolute Gasteiger partial charge is 0.352 e. The Morgan fingerprint density at radius 1 is 1.07 bits per heavy atom. The van der Waals surface area contributed by atoms with Crippen molar-refractivity contribution in [3.63, 3.8) is 0 Å². The monoisotopic (exact) mass is 415 g/mol. The number of anilines is 1. The molecule has 2 atom stereocenters. The Bertz CT molecular complexity index is 807. The lowest BCUT2D eigenvalue weighted by atomic mass is 9.74. The molecule has 1 fully saturated rings. The first-order chi connectivity index (χ1) is 13.5. The first kappa shape index (κ1) is 22.9. The van der Waals surface area contributed by atoms with E-state index >= 15 is 0 Å². The molecule has 1 saturated carbocycles. The summed E-state index contributed by atoms with van der Waals surface area (Å²) in [6.45, 7) is 2.54. The minimum Gasteiger partial charge on any atom is -0.352 e. The lowest BCUT2D eigenvalue weighted by Gasteiger charge is -2.37. The van der Waals surface area contributed by atoms with Gasteiger partial charge in [0.1, 0.15) is 0 Å². The molecule has 2 amide bonds. The molecule has 0 heterocycles. The molecule has 0 bridgehead atoms. The third-order valence-electron chi connectivity index (χ3n) is 5.53. The summed E-state index contributed by atoms with van der Waals surface area (Å²) in [5, 5.41) is 5.87. The predicted octanol–water partition coefficient (Wildman–Crippen LogP) is 3.93. The molecule has 156 valence electrons. The van der Waals surface area contributed by atoms with Gasteiger partial charge in [0.2, 0.25) is 5.91 Å². The van der Waals surface area contributed by atoms with Gasteiger partial charge in [-0.2, -0.15) is 0 Å². The van der Waals surface area contributed by atoms with Gasteiger partial charge in [-0.1, -0.05) is 43.2 Å². The van der Waals surface area contributed by atoms with E-state index in [4.69, 9.17) is 5.73 Å². The molecule has 6 heteroatoms. The quantitative estimate of drug-likeness (QED) is 0.668. The zero-order valence-electron chi connectivity index (χ0n) is 16.8. The lowest BCUT2D eigenvalue weighted by Crippen LogP contribution is -2.51. The molecule has 1 aliphatic rings. The van der Waals surface area contributed by atoms with Crippen LogP contribution in [0.3, 0.4) is 0 Å². The zero-order chi connectivity index (χ0) is 20.0. The molecule has 1 aliphatic carbocycles. The van der Waals surface area contributed by atoms with Crippen molar-refractivity contribution in [3.8, 4) is 0 Å². The number of hydrogen-bond acceptors (Lipinski definition) is 3. The summed E-state index contributed by atoms with van der Waals surface area (Å²) < 4.78 is 0. The molecule has 0 saturated heterocycles. The Kier molecular flexibility index (Phi) is 8.23. The van der Waals surface area contributed by atoms with Gasteiger partial charge in [0, 0.05) is 23.3 Å². The Labute approximate surface area is 178 Å². The molecule has 29 heavy (non-hydrogen) atoms. The lowest BCUT2D eigenvalue weighted by molar-refractivity contribution is -0.122. The molecule has 0 aromatic heterocycles. The summed E-state index contributed by atoms with van der Waals surface area (Å²) in [6, 6.07) is 17.0. The third kappa shape index (κ3) is 6.31. The molecule has 0 spiro atoms. The topological polar surface area (TPSA) is 84.2 Å². The van der Waals surface area contributed by atoms with E-state index in [1.807, 2.05) is 37.3 Å². The smallest absolute Gasteiger partial charge is 0.251 e. The van der Waals surface area contributed by atoms with Crippen molar-refractivity contribution in [2.45, 2.75) is 44.6 Å². The number of halogens is 1. The third-order valence-corrected chi connectivity index (χ3v) is 5.53. The standard InChI is InChI=1S/C23H29N3O2.ClH/c1-23(24)15-6-5-9-20(23)22(28)26-19-12-10-18(11-13-19)21(27)25-16-14-17-7-3-2-4-8-17;/h2-4,7-8,10-13,20H,5-6,9,14-16,24H2,1H3,(H,25,27)(H,26,28);1H. The van der Waals surface area contributed by atoms with Crippen LogP contribution in [-0.4, -0.2) is 23.9 Å². The summed E-state index contributed by atoms with van der Waals surface area (Å²) in [6.07, 6.45) is 4.59. The van der Waals surface area contributed by atoms with Crippen LogP contribution in [0.2, 0.25) is 0 Å². The maximum absolute atomic E-state index is 12.6. The first-order valence-corrected chi connectivity index (χ1v) is 9.98. The van der Waals surface area contributed by atoms with Crippen LogP contribution in [0.15, 0.2) is 54.6 Å². The van der Waals surface area contributed by atoms with Gasteiger partial charge in [-0.25, -0.2) is 0 Å². The van der Waals surface area contributed by atoms with Crippen molar-refractivity contribution in [3.05, 3.63) is 65.7 Å². The van der Waals surface area contributed by atoms with E-state index in [0.717, 1.165) is 32.1 Å². The van der Waals surface area contributed by atoms with Crippen molar-refractivity contribution < 1.29 is 9.59 Å². The molecular weight excluding hydrogens is 386 g/mol. The van der Waals surface area contributed by atoms with Crippen LogP contribution >= 0.6 is 12.4 Å². The molecule has 2 unspecified atom stereocenters. The van der Waals surface area contributed by atoms with Gasteiger partial charge in [0.05, 0.1) is 5.92 Å². The highest BCUT2D eigenvalue weighted by Crippen LogP contribution is 2.32. The van der Waals surface area contributed by atoms with Crippen LogP contribution in [0.25, 0.3) is 0 Å². The van der Waals surface area contributed by atoms with Crippen LogP contribution in [-0.2, 0) is 11.2 Å². The SMILES string of the molecule is CC1(N)CCCCC1C(=O)Nc1ccc(C(=O)NCCc2ccccc2)cc1.Cl. The van der Waals surface area contributed by atoms with Crippen molar-refractivity contribution in [1.29, 1.82) is 0 Å². The predicted molar refractivity (Wildman–Crippen MR) is 119 cm³/mol. The number of carbonyl (C=O) groups is 2. The van der Waals surface area contributed by atoms with Crippen molar-refractivity contribution in [2.75, 3.05) is 11.9 Å². The van der Waals surface area contributed by atoms with Gasteiger partial charge in [-0.3, -0.25) is 9.59 Å². The fourth-order valence-corrected chi connectivity index (χ4v) is 3.79. The zero-order valence-corrected chi connectivity index (χ0v) is 17.6. The van der Waals surface area contributed by atoms with Crippen molar-refractivity contribution >= 4 is 29.9 Å². The van der Waals surface area contributed by atoms with Crippen LogP contribution in [0.4, 0.5) is 5.69 Å². The number of amides is 2. The van der Waals surface area contributed by atoms with E-state index in [1.54, 1.807) is 24.3 Å². The Balaban J connectivity index is 0.00000300. The normalized spacial score (nSPS) is 21.0. The van der Waals surface area contributed by atoms with Gasteiger partial charge in [0.25, 0.3) is 5.91 Å². The Morgan fingerprint density at radius 2 is 1.76 bits per heavy atom. The fraction of sp³-hybridized carbons (Fsp3) is 0.391. The van der Waals surface area contributed by atoms with Crippen LogP contribution in [0.1, 0.15) is 48.5 Å². The number of rotatable bonds is 6. The van der Waals surface area contributed by atoms with Crippen LogP contribution < -0.4 is 16.4 Å². The van der Waals surface area contributed by atoms with Gasteiger partial charge in [-0.15, -0.1) is 12.4 Å². The summed E-state index contributed by atoms with van der Waals surface area (Å²) in [5.74, 6) is -0.331. The second-order valence-electron chi connectivity index (χ2n) is 7.86. The number of nitrogens with two attached hydrogens (primary N) is 1. The van der Waals surface area contributed by atoms with E-state index in [9.17, 15) is 9.59 Å². The van der Waals surface area contributed by atoms with E-state index in [2.05, 4.69) is 10.6 Å². The second kappa shape index (κ2) is 10.4. The number of benzene rings is 2. The molecule has 3 rings (SSSR count). The van der Waals surface area contributed by atoms with Gasteiger partial charge in [0.15, 0.2) is 0 Å². The Hall–Kier alpha value is -2.37. The minimum absolute atomic E-state index is 0. The fourth-order valence-electron chi connectivity index (χ4n) is 3.79. The van der Waals surface area contributed by atoms with Crippen molar-refractivity contribution in [1.82, 2.24) is 5.32 Å². The molecule has 5 nitrogen and oxygen atoms in total. The maximum atomic E-state index is 12.6. The van der Waals surface area contributed by atoms with E-state index in [0.29, 0.717) is 17.8 Å². The summed E-state index contributed by atoms with van der Waals surface area (Å²) >= 11 is 0. The molecule has 2 aromatic carbocycles. The number of nitrogens with one attached hydrogen (secondary N) is 2. The number of hydrogen-bond donors (Lipinski definition) is 3. The van der Waals surface area contributed by atoms with E-state index < -0.39 is 5.54 Å². The van der Waals surface area contributed by atoms with E-state index in [-0.39, 0.29) is 30.1 Å². The average Bonchev–Trinajstić information content (AvgIpc) is 2.69. The molecule has 4 N–H and O–H groups in total. The van der Waals surface area contributed by atoms with E-state index in [1.165, 1.54) is 5.56 Å². The second-order valence-corrected chi connectivity index (χ2v) is 7.86. The van der Waals surface area contributed by atoms with Gasteiger partial charge >= 0.3 is 0 Å². The summed E-state index contributed by atoms with van der Waals surface area (Å²) in [7, 11) is 0. The highest BCUT2D eigenvalue weighted by atomic mass is 35.5. The molecule has 2 aromatic rings. The summed E-state index contributed by atoms with van der Waals surface area (Å²) in [5.41, 5.74) is 8.31.